The molecule has 0 spiro atoms. The van der Waals surface area contributed by atoms with Crippen LogP contribution in [0.4, 0.5) is 4.79 Å². The lowest BCUT2D eigenvalue weighted by Crippen LogP contribution is -2.58. The highest BCUT2D eigenvalue weighted by molar-refractivity contribution is 5.69. The second-order valence-corrected chi connectivity index (χ2v) is 7.21. The van der Waals surface area contributed by atoms with Crippen LogP contribution in [0.25, 0.3) is 0 Å². The molecule has 110 valence electrons. The molecular formula is C15H27NO3. The second kappa shape index (κ2) is 4.97. The van der Waals surface area contributed by atoms with Gasteiger partial charge in [0.2, 0.25) is 0 Å². The van der Waals surface area contributed by atoms with E-state index in [1.807, 2.05) is 20.8 Å². The first-order chi connectivity index (χ1) is 8.83. The topological polar surface area (TPSA) is 58.6 Å². The minimum atomic E-state index is -0.476. The number of carbonyl (C=O) groups excluding carboxylic acids is 1. The van der Waals surface area contributed by atoms with Crippen LogP contribution in [-0.4, -0.2) is 28.9 Å². The van der Waals surface area contributed by atoms with Crippen LogP contribution in [0.5, 0.6) is 0 Å². The Bertz CT molecular complexity index is 336. The van der Waals surface area contributed by atoms with Crippen LogP contribution in [0.3, 0.4) is 0 Å². The lowest BCUT2D eigenvalue weighted by atomic mass is 9.70. The fourth-order valence-electron chi connectivity index (χ4n) is 3.38. The summed E-state index contributed by atoms with van der Waals surface area (Å²) in [5, 5.41) is 12.8. The number of hydrogen-bond donors (Lipinski definition) is 2. The van der Waals surface area contributed by atoms with Gasteiger partial charge in [-0.2, -0.15) is 0 Å². The van der Waals surface area contributed by atoms with Crippen LogP contribution >= 0.6 is 0 Å². The van der Waals surface area contributed by atoms with Crippen molar-refractivity contribution >= 4 is 6.09 Å². The van der Waals surface area contributed by atoms with Gasteiger partial charge in [-0.15, -0.1) is 0 Å². The molecule has 1 amide bonds. The van der Waals surface area contributed by atoms with Crippen LogP contribution in [0.15, 0.2) is 0 Å². The molecule has 2 rings (SSSR count). The molecule has 0 aromatic rings. The molecule has 4 heteroatoms. The zero-order valence-corrected chi connectivity index (χ0v) is 12.4. The van der Waals surface area contributed by atoms with E-state index in [0.29, 0.717) is 0 Å². The molecule has 0 heterocycles. The molecule has 0 saturated heterocycles. The smallest absolute Gasteiger partial charge is 0.408 e. The predicted molar refractivity (Wildman–Crippen MR) is 73.9 cm³/mol. The van der Waals surface area contributed by atoms with E-state index in [1.54, 1.807) is 0 Å². The summed E-state index contributed by atoms with van der Waals surface area (Å²) in [7, 11) is 0. The van der Waals surface area contributed by atoms with E-state index < -0.39 is 5.60 Å². The van der Waals surface area contributed by atoms with Gasteiger partial charge in [-0.3, -0.25) is 0 Å². The number of carbonyl (C=O) groups is 1. The Kier molecular flexibility index (Phi) is 3.83. The van der Waals surface area contributed by atoms with E-state index in [1.165, 1.54) is 6.42 Å². The summed E-state index contributed by atoms with van der Waals surface area (Å²) in [4.78, 5) is 12.1. The normalized spacial score (nSPS) is 24.6. The summed E-state index contributed by atoms with van der Waals surface area (Å²) in [6, 6.07) is 0. The summed E-state index contributed by atoms with van der Waals surface area (Å²) in [6.45, 7) is 5.79. The van der Waals surface area contributed by atoms with E-state index in [9.17, 15) is 9.90 Å². The minimum Gasteiger partial charge on any atom is -0.444 e. The summed E-state index contributed by atoms with van der Waals surface area (Å²) in [5.74, 6) is 0. The molecule has 2 aliphatic carbocycles. The molecule has 0 bridgehead atoms. The summed E-state index contributed by atoms with van der Waals surface area (Å²) in [5.41, 5.74) is -0.817. The van der Waals surface area contributed by atoms with E-state index >= 15 is 0 Å². The first-order valence-electron chi connectivity index (χ1n) is 7.45. The van der Waals surface area contributed by atoms with Crippen molar-refractivity contribution in [1.29, 1.82) is 0 Å². The summed E-state index contributed by atoms with van der Waals surface area (Å²) < 4.78 is 5.40. The van der Waals surface area contributed by atoms with Crippen molar-refractivity contribution in [2.75, 3.05) is 6.61 Å². The Hall–Kier alpha value is -0.770. The molecule has 0 unspecified atom stereocenters. The van der Waals surface area contributed by atoms with Crippen molar-refractivity contribution in [2.24, 2.45) is 5.41 Å². The van der Waals surface area contributed by atoms with Gasteiger partial charge in [-0.1, -0.05) is 19.3 Å². The van der Waals surface area contributed by atoms with Gasteiger partial charge >= 0.3 is 6.09 Å². The van der Waals surface area contributed by atoms with Crippen molar-refractivity contribution in [3.05, 3.63) is 0 Å². The van der Waals surface area contributed by atoms with Crippen molar-refractivity contribution in [3.8, 4) is 0 Å². The van der Waals surface area contributed by atoms with Gasteiger partial charge in [0.05, 0.1) is 12.1 Å². The van der Waals surface area contributed by atoms with Gasteiger partial charge in [0, 0.05) is 5.41 Å². The fraction of sp³-hybridized carbons (Fsp3) is 0.933. The molecule has 2 fully saturated rings. The van der Waals surface area contributed by atoms with E-state index in [2.05, 4.69) is 5.32 Å². The van der Waals surface area contributed by atoms with Crippen LogP contribution in [-0.2, 0) is 4.74 Å². The first kappa shape index (κ1) is 14.6. The predicted octanol–water partition coefficient (Wildman–Crippen LogP) is 2.99. The standard InChI is InChI=1S/C15H27NO3/c1-13(2,3)19-12(18)16-15(7-5-4-6-8-15)14(11-17)9-10-14/h17H,4-11H2,1-3H3,(H,16,18). The maximum Gasteiger partial charge on any atom is 0.408 e. The number of alkyl carbamates (subject to hydrolysis) is 1. The molecule has 2 saturated carbocycles. The SMILES string of the molecule is CC(C)(C)OC(=O)NC1(C2(CO)CC2)CCCCC1. The second-order valence-electron chi connectivity index (χ2n) is 7.21. The fourth-order valence-corrected chi connectivity index (χ4v) is 3.38. The minimum absolute atomic E-state index is 0.0929. The molecule has 0 aliphatic heterocycles. The third kappa shape index (κ3) is 3.04. The van der Waals surface area contributed by atoms with Crippen LogP contribution in [0.2, 0.25) is 0 Å². The van der Waals surface area contributed by atoms with Crippen LogP contribution in [0, 0.1) is 5.41 Å². The number of aliphatic hydroxyl groups excluding tert-OH is 1. The highest BCUT2D eigenvalue weighted by atomic mass is 16.6. The number of rotatable bonds is 3. The Morgan fingerprint density at radius 1 is 1.16 bits per heavy atom. The third-order valence-corrected chi connectivity index (χ3v) is 4.62. The first-order valence-corrected chi connectivity index (χ1v) is 7.45. The zero-order chi connectivity index (χ0) is 14.1. The van der Waals surface area contributed by atoms with Crippen LogP contribution in [0.1, 0.15) is 65.7 Å². The molecular weight excluding hydrogens is 242 g/mol. The Morgan fingerprint density at radius 2 is 1.74 bits per heavy atom. The third-order valence-electron chi connectivity index (χ3n) is 4.62. The van der Waals surface area contributed by atoms with E-state index in [-0.39, 0.29) is 23.7 Å². The number of amides is 1. The lowest BCUT2D eigenvalue weighted by molar-refractivity contribution is 0.0225. The van der Waals surface area contributed by atoms with Gasteiger partial charge in [-0.25, -0.2) is 4.79 Å². The van der Waals surface area contributed by atoms with Crippen molar-refractivity contribution in [1.82, 2.24) is 5.32 Å². The van der Waals surface area contributed by atoms with Crippen molar-refractivity contribution in [3.63, 3.8) is 0 Å². The molecule has 0 atom stereocenters. The molecule has 4 nitrogen and oxygen atoms in total. The Labute approximate surface area is 115 Å². The number of aliphatic hydroxyl groups is 1. The molecule has 19 heavy (non-hydrogen) atoms. The number of hydrogen-bond acceptors (Lipinski definition) is 3. The van der Waals surface area contributed by atoms with Crippen LogP contribution < -0.4 is 5.32 Å². The summed E-state index contributed by atoms with van der Waals surface area (Å²) in [6.07, 6.45) is 7.08. The molecule has 0 aromatic heterocycles. The number of ether oxygens (including phenoxy) is 1. The van der Waals surface area contributed by atoms with Crippen molar-refractivity contribution in [2.45, 2.75) is 76.9 Å². The van der Waals surface area contributed by atoms with Gasteiger partial charge in [-0.05, 0) is 46.5 Å². The molecule has 0 radical (unpaired) electrons. The zero-order valence-electron chi connectivity index (χ0n) is 12.4. The van der Waals surface area contributed by atoms with Gasteiger partial charge in [0.1, 0.15) is 5.60 Å². The van der Waals surface area contributed by atoms with E-state index in [0.717, 1.165) is 38.5 Å². The van der Waals surface area contributed by atoms with Crippen molar-refractivity contribution < 1.29 is 14.6 Å². The highest BCUT2D eigenvalue weighted by Gasteiger charge is 2.59. The maximum absolute atomic E-state index is 12.1. The lowest BCUT2D eigenvalue weighted by Gasteiger charge is -2.44. The van der Waals surface area contributed by atoms with Gasteiger partial charge < -0.3 is 15.2 Å². The van der Waals surface area contributed by atoms with E-state index in [4.69, 9.17) is 4.74 Å². The number of nitrogens with one attached hydrogen (secondary N) is 1. The highest BCUT2D eigenvalue weighted by Crippen LogP contribution is 2.58. The van der Waals surface area contributed by atoms with Gasteiger partial charge in [0.15, 0.2) is 0 Å². The van der Waals surface area contributed by atoms with Gasteiger partial charge in [0.25, 0.3) is 0 Å². The summed E-state index contributed by atoms with van der Waals surface area (Å²) >= 11 is 0. The molecule has 0 aromatic carbocycles. The quantitative estimate of drug-likeness (QED) is 0.828. The monoisotopic (exact) mass is 269 g/mol. The average molecular weight is 269 g/mol. The Morgan fingerprint density at radius 3 is 2.16 bits per heavy atom. The molecule has 2 N–H and O–H groups in total. The average Bonchev–Trinajstić information content (AvgIpc) is 3.08. The maximum atomic E-state index is 12.1. The molecule has 2 aliphatic rings. The largest absolute Gasteiger partial charge is 0.444 e. The Balaban J connectivity index is 2.09.